The topological polar surface area (TPSA) is 99.3 Å². The summed E-state index contributed by atoms with van der Waals surface area (Å²) in [5.41, 5.74) is 2.63. The Morgan fingerprint density at radius 3 is 2.57 bits per heavy atom. The van der Waals surface area contributed by atoms with Crippen molar-refractivity contribution >= 4 is 23.5 Å². The fourth-order valence-electron chi connectivity index (χ4n) is 4.51. The van der Waals surface area contributed by atoms with E-state index in [-0.39, 0.29) is 18.0 Å². The van der Waals surface area contributed by atoms with Gasteiger partial charge in [-0.25, -0.2) is 4.79 Å². The smallest absolute Gasteiger partial charge is 0.325 e. The van der Waals surface area contributed by atoms with Crippen LogP contribution in [0.2, 0.25) is 0 Å². The summed E-state index contributed by atoms with van der Waals surface area (Å²) in [5.74, 6) is -0.940. The molecule has 0 radical (unpaired) electrons. The number of amides is 3. The number of hydrogen-bond donors (Lipinski definition) is 2. The number of benzene rings is 1. The zero-order chi connectivity index (χ0) is 20.2. The molecule has 1 aromatic carbocycles. The van der Waals surface area contributed by atoms with Crippen LogP contribution >= 0.6 is 0 Å². The quantitative estimate of drug-likeness (QED) is 0.629. The molecule has 144 valence electrons. The number of hydrogen-bond acceptors (Lipinski definition) is 4. The number of carbonyl (C=O) groups is 4. The molecular formula is C21H21N3O4. The predicted molar refractivity (Wildman–Crippen MR) is 101 cm³/mol. The van der Waals surface area contributed by atoms with Gasteiger partial charge in [0, 0.05) is 11.3 Å². The van der Waals surface area contributed by atoms with E-state index in [1.807, 2.05) is 24.3 Å². The van der Waals surface area contributed by atoms with Crippen LogP contribution in [-0.4, -0.2) is 39.9 Å². The molecule has 2 heterocycles. The number of fused-ring (bicyclic) bond motifs is 2. The molecule has 0 bridgehead atoms. The number of carbonyl (C=O) groups excluding carboxylic acids is 4. The third-order valence-electron chi connectivity index (χ3n) is 5.79. The number of imide groups is 1. The van der Waals surface area contributed by atoms with Crippen LogP contribution in [0.3, 0.4) is 0 Å². The zero-order valence-electron chi connectivity index (χ0n) is 16.0. The number of aromatic nitrogens is 1. The highest BCUT2D eigenvalue weighted by Gasteiger charge is 2.55. The molecule has 2 N–H and O–H groups in total. The predicted octanol–water partition coefficient (Wildman–Crippen LogP) is 2.41. The molecule has 1 saturated heterocycles. The van der Waals surface area contributed by atoms with Gasteiger partial charge in [0.25, 0.3) is 5.91 Å². The number of urea groups is 1. The highest BCUT2D eigenvalue weighted by Crippen LogP contribution is 2.41. The maximum absolute atomic E-state index is 13.2. The van der Waals surface area contributed by atoms with Gasteiger partial charge < -0.3 is 10.3 Å². The molecule has 1 aliphatic heterocycles. The first kappa shape index (κ1) is 18.2. The van der Waals surface area contributed by atoms with Crippen LogP contribution in [0, 0.1) is 13.8 Å². The molecule has 28 heavy (non-hydrogen) atoms. The highest BCUT2D eigenvalue weighted by molar-refractivity contribution is 6.12. The van der Waals surface area contributed by atoms with Crippen LogP contribution < -0.4 is 5.32 Å². The number of Topliss-reactive ketones (excluding diaryl/α,β-unsaturated/α-hetero) is 2. The number of nitrogens with zero attached hydrogens (tertiary/aromatic N) is 1. The van der Waals surface area contributed by atoms with E-state index in [0.717, 1.165) is 16.0 Å². The largest absolute Gasteiger partial charge is 0.355 e. The van der Waals surface area contributed by atoms with Gasteiger partial charge in [-0.3, -0.25) is 19.3 Å². The standard InChI is InChI=1S/C21H21N3O4/c1-11-17(13(3)25)12(2)22-18(11)16(26)10-24-19(27)21(23-20(24)28)9-8-14-6-4-5-7-15(14)21/h4-7,22H,8-10H2,1-3H3,(H,23,28)/t21-/m0/s1. The summed E-state index contributed by atoms with van der Waals surface area (Å²) < 4.78 is 0. The van der Waals surface area contributed by atoms with E-state index in [1.165, 1.54) is 6.92 Å². The fraction of sp³-hybridized carbons (Fsp3) is 0.333. The minimum absolute atomic E-state index is 0.137. The lowest BCUT2D eigenvalue weighted by atomic mass is 9.92. The van der Waals surface area contributed by atoms with Gasteiger partial charge in [0.15, 0.2) is 11.6 Å². The highest BCUT2D eigenvalue weighted by atomic mass is 16.2. The first-order valence-electron chi connectivity index (χ1n) is 9.22. The van der Waals surface area contributed by atoms with Crippen LogP contribution in [0.25, 0.3) is 0 Å². The molecule has 1 spiro atoms. The Hall–Kier alpha value is -3.22. The zero-order valence-corrected chi connectivity index (χ0v) is 16.0. The van der Waals surface area contributed by atoms with Crippen LogP contribution in [0.1, 0.15) is 56.6 Å². The van der Waals surface area contributed by atoms with E-state index in [9.17, 15) is 19.2 Å². The number of aromatic amines is 1. The minimum atomic E-state index is -1.08. The van der Waals surface area contributed by atoms with E-state index < -0.39 is 23.3 Å². The van der Waals surface area contributed by atoms with Gasteiger partial charge in [-0.05, 0) is 50.3 Å². The van der Waals surface area contributed by atoms with Crippen molar-refractivity contribution in [3.05, 3.63) is 57.9 Å². The molecule has 7 heteroatoms. The Morgan fingerprint density at radius 2 is 1.89 bits per heavy atom. The molecule has 0 unspecified atom stereocenters. The number of nitrogens with one attached hydrogen (secondary N) is 2. The SMILES string of the molecule is CC(=O)c1c(C)[nH]c(C(=O)CN2C(=O)N[C@]3(CCc4ccccc43)C2=O)c1C. The fourth-order valence-corrected chi connectivity index (χ4v) is 4.51. The summed E-state index contributed by atoms with van der Waals surface area (Å²) in [6, 6.07) is 6.98. The van der Waals surface area contributed by atoms with Gasteiger partial charge in [-0.2, -0.15) is 0 Å². The number of ketones is 2. The van der Waals surface area contributed by atoms with Crippen molar-refractivity contribution in [1.29, 1.82) is 0 Å². The summed E-state index contributed by atoms with van der Waals surface area (Å²) in [6.07, 6.45) is 1.18. The molecule has 4 rings (SSSR count). The first-order chi connectivity index (χ1) is 13.3. The van der Waals surface area contributed by atoms with Crippen LogP contribution in [0.5, 0.6) is 0 Å². The van der Waals surface area contributed by atoms with E-state index in [4.69, 9.17) is 0 Å². The number of aryl methyl sites for hydroxylation is 2. The summed E-state index contributed by atoms with van der Waals surface area (Å²) in [7, 11) is 0. The van der Waals surface area contributed by atoms with E-state index in [0.29, 0.717) is 29.7 Å². The van der Waals surface area contributed by atoms with Crippen molar-refractivity contribution in [3.8, 4) is 0 Å². The van der Waals surface area contributed by atoms with Crippen molar-refractivity contribution in [2.75, 3.05) is 6.54 Å². The summed E-state index contributed by atoms with van der Waals surface area (Å²) in [5, 5.41) is 2.81. The Morgan fingerprint density at radius 1 is 1.18 bits per heavy atom. The summed E-state index contributed by atoms with van der Waals surface area (Å²) in [4.78, 5) is 54.3. The first-order valence-corrected chi connectivity index (χ1v) is 9.22. The van der Waals surface area contributed by atoms with Crippen LogP contribution in [-0.2, 0) is 16.8 Å². The molecule has 2 aromatic rings. The lowest BCUT2D eigenvalue weighted by Gasteiger charge is -2.22. The van der Waals surface area contributed by atoms with Gasteiger partial charge in [-0.1, -0.05) is 24.3 Å². The third kappa shape index (κ3) is 2.42. The molecule has 2 aliphatic rings. The number of H-pyrrole nitrogens is 1. The van der Waals surface area contributed by atoms with Gasteiger partial charge in [0.1, 0.15) is 5.54 Å². The molecule has 1 aromatic heterocycles. The lowest BCUT2D eigenvalue weighted by molar-refractivity contribution is -0.131. The third-order valence-corrected chi connectivity index (χ3v) is 5.79. The maximum Gasteiger partial charge on any atom is 0.325 e. The van der Waals surface area contributed by atoms with Crippen molar-refractivity contribution in [2.24, 2.45) is 0 Å². The normalized spacial score (nSPS) is 20.6. The van der Waals surface area contributed by atoms with E-state index in [1.54, 1.807) is 13.8 Å². The second kappa shape index (κ2) is 6.15. The average Bonchev–Trinajstić information content (AvgIpc) is 3.24. The number of rotatable bonds is 4. The van der Waals surface area contributed by atoms with E-state index >= 15 is 0 Å². The second-order valence-corrected chi connectivity index (χ2v) is 7.49. The molecule has 1 atom stereocenters. The minimum Gasteiger partial charge on any atom is -0.355 e. The van der Waals surface area contributed by atoms with E-state index in [2.05, 4.69) is 10.3 Å². The summed E-state index contributed by atoms with van der Waals surface area (Å²) in [6.45, 7) is 4.48. The van der Waals surface area contributed by atoms with Gasteiger partial charge in [0.05, 0.1) is 12.2 Å². The molecular weight excluding hydrogens is 358 g/mol. The van der Waals surface area contributed by atoms with Crippen molar-refractivity contribution in [3.63, 3.8) is 0 Å². The Labute approximate surface area is 162 Å². The molecule has 1 fully saturated rings. The second-order valence-electron chi connectivity index (χ2n) is 7.49. The lowest BCUT2D eigenvalue weighted by Crippen LogP contribution is -2.42. The summed E-state index contributed by atoms with van der Waals surface area (Å²) >= 11 is 0. The van der Waals surface area contributed by atoms with Gasteiger partial charge in [-0.15, -0.1) is 0 Å². The Bertz CT molecular complexity index is 1050. The molecule has 1 aliphatic carbocycles. The van der Waals surface area contributed by atoms with Crippen molar-refractivity contribution in [1.82, 2.24) is 15.2 Å². The van der Waals surface area contributed by atoms with Crippen molar-refractivity contribution in [2.45, 2.75) is 39.2 Å². The van der Waals surface area contributed by atoms with Gasteiger partial charge >= 0.3 is 6.03 Å². The molecule has 0 saturated carbocycles. The average molecular weight is 379 g/mol. The van der Waals surface area contributed by atoms with Crippen LogP contribution in [0.4, 0.5) is 4.79 Å². The maximum atomic E-state index is 13.2. The molecule has 7 nitrogen and oxygen atoms in total. The monoisotopic (exact) mass is 379 g/mol. The Kier molecular flexibility index (Phi) is 3.99. The Balaban J connectivity index is 1.63. The van der Waals surface area contributed by atoms with Crippen LogP contribution in [0.15, 0.2) is 24.3 Å². The van der Waals surface area contributed by atoms with Gasteiger partial charge in [0.2, 0.25) is 0 Å². The van der Waals surface area contributed by atoms with Crippen molar-refractivity contribution < 1.29 is 19.2 Å². The molecule has 3 amide bonds.